The molecule has 1 aliphatic heterocycles. The number of halogens is 2. The van der Waals surface area contributed by atoms with Crippen molar-refractivity contribution in [1.29, 1.82) is 0 Å². The van der Waals surface area contributed by atoms with Crippen LogP contribution in [0.25, 0.3) is 11.1 Å². The zero-order chi connectivity index (χ0) is 25.1. The molecule has 0 aromatic heterocycles. The maximum Gasteiger partial charge on any atom is 0.132 e. The van der Waals surface area contributed by atoms with Crippen molar-refractivity contribution in [2.75, 3.05) is 37.8 Å². The molecule has 1 fully saturated rings. The van der Waals surface area contributed by atoms with Crippen LogP contribution in [-0.4, -0.2) is 37.3 Å². The zero-order valence-corrected chi connectivity index (χ0v) is 20.5. The predicted molar refractivity (Wildman–Crippen MR) is 143 cm³/mol. The summed E-state index contributed by atoms with van der Waals surface area (Å²) in [5, 5.41) is 0. The standard InChI is InChI=1S/C30H33F2N3O/c31-14-2-15-35-16-13-25(19-35)36-24-9-5-20(6-10-24)30-26-11-7-22(33)17-21(26)3-1-4-28(30)27-12-8-23(34)18-29(27)32/h5-12,17-18,25H,1-4,13-16,19,33-34H2/t25-/m0/s1. The van der Waals surface area contributed by atoms with E-state index in [1.54, 1.807) is 12.1 Å². The first-order valence-electron chi connectivity index (χ1n) is 12.7. The minimum Gasteiger partial charge on any atom is -0.489 e. The summed E-state index contributed by atoms with van der Waals surface area (Å²) in [5.74, 6) is 0.503. The lowest BCUT2D eigenvalue weighted by Gasteiger charge is -2.19. The van der Waals surface area contributed by atoms with Crippen LogP contribution in [0.2, 0.25) is 0 Å². The number of ether oxygens (including phenoxy) is 1. The van der Waals surface area contributed by atoms with Gasteiger partial charge >= 0.3 is 0 Å². The molecule has 0 spiro atoms. The SMILES string of the molecule is Nc1ccc(C2=C(c3ccc(O[C@H]4CCN(CCCF)C4)cc3)c3ccc(N)cc3CCC2)c(F)c1. The molecule has 6 heteroatoms. The molecule has 2 aliphatic rings. The Labute approximate surface area is 211 Å². The number of nitrogen functional groups attached to an aromatic ring is 2. The van der Waals surface area contributed by atoms with Crippen LogP contribution in [0, 0.1) is 5.82 Å². The van der Waals surface area contributed by atoms with Gasteiger partial charge in [0.05, 0.1) is 6.67 Å². The number of nitrogens with zero attached hydrogens (tertiary/aromatic N) is 1. The Morgan fingerprint density at radius 3 is 2.42 bits per heavy atom. The van der Waals surface area contributed by atoms with E-state index in [2.05, 4.69) is 23.1 Å². The van der Waals surface area contributed by atoms with E-state index in [1.807, 2.05) is 24.3 Å². The van der Waals surface area contributed by atoms with Crippen LogP contribution in [0.4, 0.5) is 20.2 Å². The first kappa shape index (κ1) is 24.3. The minimum absolute atomic E-state index is 0.107. The van der Waals surface area contributed by atoms with Gasteiger partial charge in [-0.2, -0.15) is 0 Å². The van der Waals surface area contributed by atoms with E-state index in [9.17, 15) is 4.39 Å². The van der Waals surface area contributed by atoms with Crippen LogP contribution < -0.4 is 16.2 Å². The molecule has 3 aromatic carbocycles. The average Bonchev–Trinajstić information content (AvgIpc) is 3.22. The van der Waals surface area contributed by atoms with Gasteiger partial charge in [-0.05, 0) is 102 Å². The van der Waals surface area contributed by atoms with E-state index in [1.165, 1.54) is 11.6 Å². The number of benzene rings is 3. The van der Waals surface area contributed by atoms with Crippen LogP contribution in [0.15, 0.2) is 60.7 Å². The summed E-state index contributed by atoms with van der Waals surface area (Å²) in [6.07, 6.45) is 4.15. The Hall–Kier alpha value is -3.38. The molecule has 0 amide bonds. The van der Waals surface area contributed by atoms with Gasteiger partial charge < -0.3 is 16.2 Å². The fourth-order valence-corrected chi connectivity index (χ4v) is 5.46. The highest BCUT2D eigenvalue weighted by molar-refractivity contribution is 6.00. The second-order valence-electron chi connectivity index (χ2n) is 9.76. The molecule has 0 saturated carbocycles. The van der Waals surface area contributed by atoms with Crippen LogP contribution in [-0.2, 0) is 6.42 Å². The third kappa shape index (κ3) is 5.24. The number of alkyl halides is 1. The highest BCUT2D eigenvalue weighted by Gasteiger charge is 2.25. The van der Waals surface area contributed by atoms with E-state index in [0.717, 1.165) is 79.0 Å². The quantitative estimate of drug-likeness (QED) is 0.394. The number of fused-ring (bicyclic) bond motifs is 1. The Morgan fingerprint density at radius 2 is 1.67 bits per heavy atom. The molecule has 1 saturated heterocycles. The lowest BCUT2D eigenvalue weighted by Crippen LogP contribution is -2.26. The van der Waals surface area contributed by atoms with Gasteiger partial charge in [-0.3, -0.25) is 9.29 Å². The second kappa shape index (κ2) is 10.7. The zero-order valence-electron chi connectivity index (χ0n) is 20.5. The first-order valence-corrected chi connectivity index (χ1v) is 12.7. The fourth-order valence-electron chi connectivity index (χ4n) is 5.46. The van der Waals surface area contributed by atoms with Gasteiger partial charge in [0.1, 0.15) is 17.7 Å². The van der Waals surface area contributed by atoms with E-state index in [4.69, 9.17) is 16.2 Å². The molecule has 1 heterocycles. The largest absolute Gasteiger partial charge is 0.489 e. The van der Waals surface area contributed by atoms with Gasteiger partial charge in [-0.1, -0.05) is 18.2 Å². The Kier molecular flexibility index (Phi) is 7.23. The third-order valence-electron chi connectivity index (χ3n) is 7.17. The molecule has 5 rings (SSSR count). The highest BCUT2D eigenvalue weighted by atomic mass is 19.1. The number of aryl methyl sites for hydroxylation is 1. The molecule has 0 bridgehead atoms. The molecule has 188 valence electrons. The van der Waals surface area contributed by atoms with Crippen molar-refractivity contribution in [3.05, 3.63) is 88.7 Å². The van der Waals surface area contributed by atoms with E-state index in [-0.39, 0.29) is 18.6 Å². The van der Waals surface area contributed by atoms with Crippen molar-refractivity contribution >= 4 is 22.5 Å². The number of anilines is 2. The van der Waals surface area contributed by atoms with E-state index in [0.29, 0.717) is 17.7 Å². The molecule has 0 unspecified atom stereocenters. The van der Waals surface area contributed by atoms with Crippen molar-refractivity contribution in [1.82, 2.24) is 4.90 Å². The molecule has 0 radical (unpaired) electrons. The summed E-state index contributed by atoms with van der Waals surface area (Å²) in [7, 11) is 0. The molecule has 1 atom stereocenters. The molecule has 4 nitrogen and oxygen atoms in total. The molecular weight excluding hydrogens is 456 g/mol. The van der Waals surface area contributed by atoms with Crippen molar-refractivity contribution < 1.29 is 13.5 Å². The highest BCUT2D eigenvalue weighted by Crippen LogP contribution is 2.41. The normalized spacial score (nSPS) is 18.2. The van der Waals surface area contributed by atoms with Gasteiger partial charge in [-0.15, -0.1) is 0 Å². The number of rotatable bonds is 7. The number of likely N-dealkylation sites (tertiary alicyclic amines) is 1. The Bertz CT molecular complexity index is 1260. The number of allylic oxidation sites excluding steroid dienone is 1. The summed E-state index contributed by atoms with van der Waals surface area (Å²) in [6.45, 7) is 2.25. The maximum absolute atomic E-state index is 15.1. The molecule has 3 aromatic rings. The Morgan fingerprint density at radius 1 is 0.917 bits per heavy atom. The third-order valence-corrected chi connectivity index (χ3v) is 7.17. The van der Waals surface area contributed by atoms with Gasteiger partial charge in [0, 0.05) is 36.6 Å². The van der Waals surface area contributed by atoms with Crippen LogP contribution >= 0.6 is 0 Å². The predicted octanol–water partition coefficient (Wildman–Crippen LogP) is 6.10. The van der Waals surface area contributed by atoms with E-state index < -0.39 is 0 Å². The van der Waals surface area contributed by atoms with Gasteiger partial charge in [0.2, 0.25) is 0 Å². The first-order chi connectivity index (χ1) is 17.5. The summed E-state index contributed by atoms with van der Waals surface area (Å²) >= 11 is 0. The molecule has 1 aliphatic carbocycles. The number of hydrogen-bond donors (Lipinski definition) is 2. The van der Waals surface area contributed by atoms with Gasteiger partial charge in [0.25, 0.3) is 0 Å². The maximum atomic E-state index is 15.1. The second-order valence-corrected chi connectivity index (χ2v) is 9.76. The topological polar surface area (TPSA) is 64.5 Å². The van der Waals surface area contributed by atoms with Crippen molar-refractivity contribution in [3.63, 3.8) is 0 Å². The molecule has 4 N–H and O–H groups in total. The molecular formula is C30H33F2N3O. The number of hydrogen-bond acceptors (Lipinski definition) is 4. The van der Waals surface area contributed by atoms with Gasteiger partial charge in [-0.25, -0.2) is 4.39 Å². The average molecular weight is 490 g/mol. The van der Waals surface area contributed by atoms with Crippen LogP contribution in [0.5, 0.6) is 5.75 Å². The lowest BCUT2D eigenvalue weighted by molar-refractivity contribution is 0.198. The summed E-state index contributed by atoms with van der Waals surface area (Å²) in [5.41, 5.74) is 19.0. The van der Waals surface area contributed by atoms with Crippen LogP contribution in [0.3, 0.4) is 0 Å². The minimum atomic E-state index is -0.306. The Balaban J connectivity index is 1.49. The van der Waals surface area contributed by atoms with Crippen molar-refractivity contribution in [3.8, 4) is 5.75 Å². The van der Waals surface area contributed by atoms with Crippen molar-refractivity contribution in [2.24, 2.45) is 0 Å². The summed E-state index contributed by atoms with van der Waals surface area (Å²) in [4.78, 5) is 2.25. The monoisotopic (exact) mass is 489 g/mol. The smallest absolute Gasteiger partial charge is 0.132 e. The lowest BCUT2D eigenvalue weighted by atomic mass is 9.87. The summed E-state index contributed by atoms with van der Waals surface area (Å²) in [6, 6.07) is 19.0. The molecule has 36 heavy (non-hydrogen) atoms. The van der Waals surface area contributed by atoms with Crippen LogP contribution in [0.1, 0.15) is 47.9 Å². The fraction of sp³-hybridized carbons (Fsp3) is 0.333. The van der Waals surface area contributed by atoms with Gasteiger partial charge in [0.15, 0.2) is 0 Å². The van der Waals surface area contributed by atoms with E-state index >= 15 is 4.39 Å². The summed E-state index contributed by atoms with van der Waals surface area (Å²) < 4.78 is 33.9. The van der Waals surface area contributed by atoms with Crippen molar-refractivity contribution in [2.45, 2.75) is 38.2 Å². The number of nitrogens with two attached hydrogens (primary N) is 2.